The lowest BCUT2D eigenvalue weighted by Gasteiger charge is -2.42. The number of aromatic nitrogens is 4. The van der Waals surface area contributed by atoms with Gasteiger partial charge in [-0.2, -0.15) is 0 Å². The number of ether oxygens (including phenoxy) is 2. The highest BCUT2D eigenvalue weighted by Gasteiger charge is 2.31. The molecule has 6 rings (SSSR count). The Hall–Kier alpha value is -2.91. The van der Waals surface area contributed by atoms with Gasteiger partial charge in [0.05, 0.1) is 49.0 Å². The number of thiazole rings is 1. The van der Waals surface area contributed by atoms with Gasteiger partial charge in [-0.15, -0.1) is 0 Å². The number of piperazine rings is 1. The topological polar surface area (TPSA) is 109 Å². The lowest BCUT2D eigenvalue weighted by atomic mass is 10.1. The summed E-state index contributed by atoms with van der Waals surface area (Å²) in [5.74, 6) is -0.750. The number of piperidine rings is 1. The molecule has 0 radical (unpaired) electrons. The Morgan fingerprint density at radius 1 is 1.24 bits per heavy atom. The number of aliphatic hydroxyl groups is 1. The van der Waals surface area contributed by atoms with Crippen molar-refractivity contribution >= 4 is 33.9 Å². The Labute approximate surface area is 270 Å². The minimum absolute atomic E-state index is 0.143. The van der Waals surface area contributed by atoms with E-state index in [1.165, 1.54) is 17.4 Å². The minimum atomic E-state index is -0.965. The van der Waals surface area contributed by atoms with Crippen molar-refractivity contribution in [2.24, 2.45) is 0 Å². The number of hydrogen-bond donors (Lipinski definition) is 2. The average Bonchev–Trinajstić information content (AvgIpc) is 3.76. The third-order valence-electron chi connectivity index (χ3n) is 8.54. The minimum Gasteiger partial charge on any atom is -0.462 e. The summed E-state index contributed by atoms with van der Waals surface area (Å²) in [5.41, 5.74) is 2.59. The van der Waals surface area contributed by atoms with Crippen LogP contribution in [0, 0.1) is 5.82 Å². The average molecular weight is 660 g/mol. The van der Waals surface area contributed by atoms with Crippen LogP contribution in [0.1, 0.15) is 71.5 Å². The van der Waals surface area contributed by atoms with Crippen molar-refractivity contribution in [1.82, 2.24) is 34.1 Å². The Morgan fingerprint density at radius 3 is 2.82 bits per heavy atom. The molecular formula is C31H39ClFN7O4S. The van der Waals surface area contributed by atoms with E-state index in [4.69, 9.17) is 26.1 Å². The normalized spacial score (nSPS) is 20.6. The van der Waals surface area contributed by atoms with E-state index >= 15 is 0 Å². The number of fused-ring (bicyclic) bond motifs is 1. The highest BCUT2D eigenvalue weighted by Crippen LogP contribution is 2.31. The number of esters is 1. The number of aliphatic hydroxyl groups excluding tert-OH is 1. The first-order chi connectivity index (χ1) is 21.8. The zero-order valence-electron chi connectivity index (χ0n) is 25.5. The third kappa shape index (κ3) is 7.09. The van der Waals surface area contributed by atoms with Crippen LogP contribution in [-0.4, -0.2) is 85.0 Å². The van der Waals surface area contributed by atoms with Crippen LogP contribution in [0.25, 0.3) is 4.96 Å². The Morgan fingerprint density at radius 2 is 2.07 bits per heavy atom. The maximum Gasteiger partial charge on any atom is 0.349 e. The van der Waals surface area contributed by atoms with Crippen molar-refractivity contribution < 1.29 is 23.8 Å². The molecule has 2 N–H and O–H groups in total. The van der Waals surface area contributed by atoms with Gasteiger partial charge < -0.3 is 19.1 Å². The van der Waals surface area contributed by atoms with Gasteiger partial charge in [0.15, 0.2) is 4.96 Å². The van der Waals surface area contributed by atoms with Crippen molar-refractivity contribution in [3.8, 4) is 0 Å². The molecule has 0 saturated carbocycles. The van der Waals surface area contributed by atoms with Crippen molar-refractivity contribution in [2.45, 2.75) is 71.3 Å². The fraction of sp³-hybridized carbons (Fsp3) is 0.516. The quantitative estimate of drug-likeness (QED) is 0.226. The molecule has 5 heterocycles. The van der Waals surface area contributed by atoms with Crippen LogP contribution in [-0.2, 0) is 29.2 Å². The zero-order chi connectivity index (χ0) is 31.5. The molecule has 11 nitrogen and oxygen atoms in total. The number of hydrogen-bond acceptors (Lipinski definition) is 10. The van der Waals surface area contributed by atoms with Gasteiger partial charge in [0.1, 0.15) is 23.0 Å². The van der Waals surface area contributed by atoms with E-state index in [1.807, 2.05) is 15.9 Å². The Bertz CT molecular complexity index is 1620. The van der Waals surface area contributed by atoms with Gasteiger partial charge in [0, 0.05) is 56.1 Å². The van der Waals surface area contributed by atoms with E-state index in [-0.39, 0.29) is 31.4 Å². The van der Waals surface area contributed by atoms with Crippen LogP contribution in [0.15, 0.2) is 36.9 Å². The van der Waals surface area contributed by atoms with Gasteiger partial charge in [0.25, 0.3) is 0 Å². The van der Waals surface area contributed by atoms with Crippen LogP contribution in [0.3, 0.4) is 0 Å². The van der Waals surface area contributed by atoms with Crippen molar-refractivity contribution in [3.05, 3.63) is 75.3 Å². The molecule has 14 heteroatoms. The monoisotopic (exact) mass is 659 g/mol. The number of halogens is 2. The second kappa shape index (κ2) is 14.2. The summed E-state index contributed by atoms with van der Waals surface area (Å²) in [7, 11) is 0. The predicted octanol–water partition coefficient (Wildman–Crippen LogP) is 4.42. The molecular weight excluding hydrogens is 621 g/mol. The second-order valence-electron chi connectivity index (χ2n) is 11.4. The molecule has 45 heavy (non-hydrogen) atoms. The lowest BCUT2D eigenvalue weighted by molar-refractivity contribution is -0.0458. The third-order valence-corrected chi connectivity index (χ3v) is 9.74. The molecule has 3 atom stereocenters. The first-order valence-electron chi connectivity index (χ1n) is 15.5. The summed E-state index contributed by atoms with van der Waals surface area (Å²) in [4.78, 5) is 27.5. The lowest BCUT2D eigenvalue weighted by Crippen LogP contribution is -2.58. The molecule has 2 fully saturated rings. The van der Waals surface area contributed by atoms with E-state index in [2.05, 4.69) is 20.1 Å². The number of aryl methyl sites for hydroxylation is 1. The SMILES string of the molecule is CCOC(=O)c1cn2c(C(O)c3cncn3CC)c(CN3CCN(C4CCCC(OCc5ccc(Cl)cc5F)N4)CC3)nc2s1. The Kier molecular flexibility index (Phi) is 10.1. The maximum atomic E-state index is 14.2. The van der Waals surface area contributed by atoms with Gasteiger partial charge >= 0.3 is 5.97 Å². The molecule has 3 unspecified atom stereocenters. The predicted molar refractivity (Wildman–Crippen MR) is 169 cm³/mol. The summed E-state index contributed by atoms with van der Waals surface area (Å²) in [6.07, 6.45) is 7.11. The molecule has 0 spiro atoms. The van der Waals surface area contributed by atoms with Crippen molar-refractivity contribution in [1.29, 1.82) is 0 Å². The summed E-state index contributed by atoms with van der Waals surface area (Å²) in [6.45, 7) is 8.90. The first-order valence-corrected chi connectivity index (χ1v) is 16.7. The molecule has 1 aromatic carbocycles. The maximum absolute atomic E-state index is 14.2. The Balaban J connectivity index is 1.11. The van der Waals surface area contributed by atoms with E-state index in [1.54, 1.807) is 37.8 Å². The van der Waals surface area contributed by atoms with Gasteiger partial charge in [-0.3, -0.25) is 19.5 Å². The van der Waals surface area contributed by atoms with Crippen LogP contribution < -0.4 is 5.32 Å². The highest BCUT2D eigenvalue weighted by atomic mass is 35.5. The summed E-state index contributed by atoms with van der Waals surface area (Å²) in [6, 6.07) is 4.66. The smallest absolute Gasteiger partial charge is 0.349 e. The number of carbonyl (C=O) groups excluding carboxylic acids is 1. The number of rotatable bonds is 11. The number of nitrogens with one attached hydrogen (secondary N) is 1. The standard InChI is InChI=1S/C31H39ClFN7O4S/c1-3-38-19-34-15-24(38)29(41)28-23(35-31-40(28)17-25(45-31)30(42)43-4-2)16-37-10-12-39(13-11-37)26-6-5-7-27(36-26)44-18-20-8-9-21(32)14-22(20)33/h8-9,14-15,17,19,26-27,29,36,41H,3-7,10-13,16,18H2,1-2H3. The van der Waals surface area contributed by atoms with E-state index in [9.17, 15) is 14.3 Å². The van der Waals surface area contributed by atoms with Gasteiger partial charge in [-0.25, -0.2) is 19.2 Å². The van der Waals surface area contributed by atoms with Crippen LogP contribution in [0.4, 0.5) is 4.39 Å². The van der Waals surface area contributed by atoms with Gasteiger partial charge in [-0.1, -0.05) is 29.0 Å². The zero-order valence-corrected chi connectivity index (χ0v) is 27.1. The molecule has 3 aromatic heterocycles. The number of imidazole rings is 2. The largest absolute Gasteiger partial charge is 0.462 e. The number of nitrogens with zero attached hydrogens (tertiary/aromatic N) is 6. The fourth-order valence-corrected chi connectivity index (χ4v) is 7.21. The molecule has 2 saturated heterocycles. The highest BCUT2D eigenvalue weighted by molar-refractivity contribution is 7.18. The van der Waals surface area contributed by atoms with E-state index in [0.717, 1.165) is 51.1 Å². The van der Waals surface area contributed by atoms with Gasteiger partial charge in [-0.05, 0) is 45.2 Å². The molecule has 0 aliphatic carbocycles. The molecule has 2 aliphatic rings. The first kappa shape index (κ1) is 32.0. The van der Waals surface area contributed by atoms with Crippen LogP contribution in [0.5, 0.6) is 0 Å². The molecule has 0 amide bonds. The number of benzene rings is 1. The van der Waals surface area contributed by atoms with Crippen molar-refractivity contribution in [2.75, 3.05) is 32.8 Å². The van der Waals surface area contributed by atoms with Gasteiger partial charge in [0.2, 0.25) is 0 Å². The number of carbonyl (C=O) groups is 1. The van der Waals surface area contributed by atoms with E-state index in [0.29, 0.717) is 44.9 Å². The molecule has 242 valence electrons. The molecule has 4 aromatic rings. The second-order valence-corrected chi connectivity index (χ2v) is 12.8. The van der Waals surface area contributed by atoms with E-state index < -0.39 is 12.1 Å². The summed E-state index contributed by atoms with van der Waals surface area (Å²) < 4.78 is 29.2. The fourth-order valence-electron chi connectivity index (χ4n) is 6.14. The molecule has 2 aliphatic heterocycles. The molecule has 0 bridgehead atoms. The summed E-state index contributed by atoms with van der Waals surface area (Å²) >= 11 is 7.14. The van der Waals surface area contributed by atoms with Crippen LogP contribution >= 0.6 is 22.9 Å². The summed E-state index contributed by atoms with van der Waals surface area (Å²) in [5, 5.41) is 15.6. The van der Waals surface area contributed by atoms with Crippen LogP contribution in [0.2, 0.25) is 5.02 Å². The van der Waals surface area contributed by atoms with Crippen molar-refractivity contribution in [3.63, 3.8) is 0 Å².